The van der Waals surface area contributed by atoms with Gasteiger partial charge in [0, 0.05) is 16.4 Å². The van der Waals surface area contributed by atoms with Gasteiger partial charge in [0.2, 0.25) is 0 Å². The molecule has 1 fully saturated rings. The first-order chi connectivity index (χ1) is 12.7. The van der Waals surface area contributed by atoms with Crippen molar-refractivity contribution in [2.45, 2.75) is 83.7 Å². The summed E-state index contributed by atoms with van der Waals surface area (Å²) in [6, 6.07) is 5.54. The van der Waals surface area contributed by atoms with Crippen LogP contribution in [0, 0.1) is 6.92 Å². The highest BCUT2D eigenvalue weighted by Crippen LogP contribution is 2.38. The fourth-order valence-corrected chi connectivity index (χ4v) is 3.77. The lowest BCUT2D eigenvalue weighted by Crippen LogP contribution is -2.52. The number of hydrogen-bond acceptors (Lipinski definition) is 5. The number of aryl methyl sites for hydroxylation is 1. The summed E-state index contributed by atoms with van der Waals surface area (Å²) in [5, 5.41) is 0.683. The van der Waals surface area contributed by atoms with Crippen LogP contribution in [0.2, 0.25) is 5.02 Å². The Balaban J connectivity index is 2.08. The molecule has 0 aliphatic carbocycles. The molecular weight excluding hydrogens is 397 g/mol. The maximum atomic E-state index is 12.7. The molecule has 0 aromatic heterocycles. The minimum atomic E-state index is -1.25. The number of benzene rings is 1. The molecule has 1 aliphatic rings. The van der Waals surface area contributed by atoms with E-state index in [1.54, 1.807) is 0 Å². The highest BCUT2D eigenvalue weighted by Gasteiger charge is 2.55. The average Bonchev–Trinajstić information content (AvgIpc) is 2.75. The molecule has 1 unspecified atom stereocenters. The summed E-state index contributed by atoms with van der Waals surface area (Å²) >= 11 is 4.76. The quantitative estimate of drug-likeness (QED) is 0.512. The standard InChI is InChI=1S/C20H33BClNO4S/c1-14-13-15(22)9-10-16(14)25-12-11-17(23-28(24)18(2,3)4)21-26-19(5,6)20(7,8)27-21/h9-10,13,17,23H,11-12H2,1-8H3/t17?,28-/m0/s1. The van der Waals surface area contributed by atoms with Crippen molar-refractivity contribution in [2.24, 2.45) is 0 Å². The van der Waals surface area contributed by atoms with Crippen molar-refractivity contribution in [3.05, 3.63) is 28.8 Å². The van der Waals surface area contributed by atoms with E-state index < -0.39 is 34.4 Å². The molecule has 8 heteroatoms. The first-order valence-electron chi connectivity index (χ1n) is 9.65. The van der Waals surface area contributed by atoms with Gasteiger partial charge in [-0.25, -0.2) is 0 Å². The zero-order valence-corrected chi connectivity index (χ0v) is 19.8. The third-order valence-electron chi connectivity index (χ3n) is 5.24. The molecule has 1 N–H and O–H groups in total. The Bertz CT molecular complexity index is 665. The van der Waals surface area contributed by atoms with E-state index in [1.165, 1.54) is 0 Å². The summed E-state index contributed by atoms with van der Waals surface area (Å²) in [4.78, 5) is 0. The molecule has 0 amide bonds. The summed E-state index contributed by atoms with van der Waals surface area (Å²) in [6.45, 7) is 16.2. The molecule has 0 saturated carbocycles. The van der Waals surface area contributed by atoms with E-state index in [2.05, 4.69) is 4.72 Å². The molecule has 28 heavy (non-hydrogen) atoms. The predicted molar refractivity (Wildman–Crippen MR) is 117 cm³/mol. The van der Waals surface area contributed by atoms with E-state index in [4.69, 9.17) is 25.6 Å². The van der Waals surface area contributed by atoms with E-state index >= 15 is 0 Å². The summed E-state index contributed by atoms with van der Waals surface area (Å²) in [5.74, 6) is 0.516. The summed E-state index contributed by atoms with van der Waals surface area (Å²) in [5.41, 5.74) is 0.0778. The lowest BCUT2D eigenvalue weighted by molar-refractivity contribution is 0.00578. The summed E-state index contributed by atoms with van der Waals surface area (Å²) in [6.07, 6.45) is 0.584. The van der Waals surface area contributed by atoms with Crippen LogP contribution in [-0.2, 0) is 20.7 Å². The zero-order chi connectivity index (χ0) is 21.3. The Morgan fingerprint density at radius 2 is 1.79 bits per heavy atom. The maximum absolute atomic E-state index is 12.7. The van der Waals surface area contributed by atoms with Crippen LogP contribution in [0.1, 0.15) is 60.5 Å². The Kier molecular flexibility index (Phi) is 7.44. The largest absolute Gasteiger partial charge is 0.598 e. The number of nitrogens with one attached hydrogen (secondary N) is 1. The molecule has 5 nitrogen and oxygen atoms in total. The third kappa shape index (κ3) is 5.80. The second-order valence-corrected chi connectivity index (χ2v) is 11.7. The minimum Gasteiger partial charge on any atom is -0.598 e. The molecular formula is C20H33BClNO4S. The number of rotatable bonds is 7. The molecule has 0 radical (unpaired) electrons. The normalized spacial score (nSPS) is 20.9. The van der Waals surface area contributed by atoms with Crippen LogP contribution in [0.4, 0.5) is 0 Å². The van der Waals surface area contributed by atoms with Crippen molar-refractivity contribution in [1.29, 1.82) is 0 Å². The monoisotopic (exact) mass is 429 g/mol. The van der Waals surface area contributed by atoms with E-state index in [-0.39, 0.29) is 5.94 Å². The number of ether oxygens (including phenoxy) is 1. The van der Waals surface area contributed by atoms with E-state index in [1.807, 2.05) is 73.6 Å². The summed E-state index contributed by atoms with van der Waals surface area (Å²) < 4.78 is 33.8. The fraction of sp³-hybridized carbons (Fsp3) is 0.700. The van der Waals surface area contributed by atoms with E-state index in [0.717, 1.165) is 11.3 Å². The van der Waals surface area contributed by atoms with Gasteiger partial charge in [-0.2, -0.15) is 0 Å². The van der Waals surface area contributed by atoms with Crippen LogP contribution >= 0.6 is 11.6 Å². The molecule has 1 aliphatic heterocycles. The van der Waals surface area contributed by atoms with Gasteiger partial charge in [-0.3, -0.25) is 0 Å². The van der Waals surface area contributed by atoms with Crippen LogP contribution in [0.15, 0.2) is 18.2 Å². The predicted octanol–water partition coefficient (Wildman–Crippen LogP) is 4.47. The van der Waals surface area contributed by atoms with Gasteiger partial charge in [0.25, 0.3) is 0 Å². The van der Waals surface area contributed by atoms with E-state index in [9.17, 15) is 4.55 Å². The third-order valence-corrected chi connectivity index (χ3v) is 7.10. The lowest BCUT2D eigenvalue weighted by Gasteiger charge is -2.32. The molecule has 1 aromatic rings. The first kappa shape index (κ1) is 23.8. The van der Waals surface area contributed by atoms with Gasteiger partial charge >= 0.3 is 7.12 Å². The van der Waals surface area contributed by atoms with Crippen molar-refractivity contribution in [3.63, 3.8) is 0 Å². The molecule has 1 aromatic carbocycles. The fourth-order valence-electron chi connectivity index (χ4n) is 2.69. The molecule has 2 rings (SSSR count). The average molecular weight is 430 g/mol. The van der Waals surface area contributed by atoms with Gasteiger partial charge in [0.1, 0.15) is 10.5 Å². The molecule has 158 valence electrons. The molecule has 0 bridgehead atoms. The van der Waals surface area contributed by atoms with Crippen molar-refractivity contribution in [3.8, 4) is 5.75 Å². The van der Waals surface area contributed by atoms with Crippen molar-refractivity contribution in [1.82, 2.24) is 4.72 Å². The van der Waals surface area contributed by atoms with Crippen molar-refractivity contribution < 1.29 is 18.6 Å². The smallest absolute Gasteiger partial charge is 0.480 e. The Morgan fingerprint density at radius 1 is 1.21 bits per heavy atom. The van der Waals surface area contributed by atoms with Gasteiger partial charge in [-0.1, -0.05) is 11.6 Å². The van der Waals surface area contributed by atoms with Crippen molar-refractivity contribution >= 4 is 30.1 Å². The number of hydrogen-bond donors (Lipinski definition) is 1. The SMILES string of the molecule is Cc1cc(Cl)ccc1OCCC(N[S@@+]([O-])C(C)(C)C)B1OC(C)(C)C(C)(C)O1. The molecule has 0 spiro atoms. The van der Waals surface area contributed by atoms with Gasteiger partial charge in [-0.05, 0) is 85.6 Å². The molecule has 2 atom stereocenters. The number of halogens is 1. The Hall–Kier alpha value is -0.435. The van der Waals surface area contributed by atoms with Crippen LogP contribution in [-0.4, -0.2) is 40.2 Å². The van der Waals surface area contributed by atoms with Crippen molar-refractivity contribution in [2.75, 3.05) is 6.61 Å². The van der Waals surface area contributed by atoms with Gasteiger partial charge in [0.05, 0.1) is 23.8 Å². The highest BCUT2D eigenvalue weighted by atomic mass is 35.5. The van der Waals surface area contributed by atoms with Crippen LogP contribution in [0.5, 0.6) is 5.75 Å². The maximum Gasteiger partial charge on any atom is 0.480 e. The summed E-state index contributed by atoms with van der Waals surface area (Å²) in [7, 11) is -0.508. The first-order valence-corrected chi connectivity index (χ1v) is 11.2. The van der Waals surface area contributed by atoms with Gasteiger partial charge in [-0.15, -0.1) is 4.72 Å². The van der Waals surface area contributed by atoms with Crippen LogP contribution in [0.25, 0.3) is 0 Å². The van der Waals surface area contributed by atoms with Gasteiger partial charge < -0.3 is 18.6 Å². The zero-order valence-electron chi connectivity index (χ0n) is 18.2. The Morgan fingerprint density at radius 3 is 2.29 bits per heavy atom. The highest BCUT2D eigenvalue weighted by molar-refractivity contribution is 7.90. The lowest BCUT2D eigenvalue weighted by atomic mass is 9.77. The Labute approximate surface area is 178 Å². The van der Waals surface area contributed by atoms with Gasteiger partial charge in [0.15, 0.2) is 0 Å². The second-order valence-electron chi connectivity index (χ2n) is 9.28. The molecule has 1 heterocycles. The molecule has 1 saturated heterocycles. The second kappa shape index (κ2) is 8.74. The van der Waals surface area contributed by atoms with Crippen LogP contribution < -0.4 is 9.46 Å². The minimum absolute atomic E-state index is 0.270. The topological polar surface area (TPSA) is 62.8 Å². The van der Waals surface area contributed by atoms with Crippen LogP contribution in [0.3, 0.4) is 0 Å². The van der Waals surface area contributed by atoms with E-state index in [0.29, 0.717) is 18.1 Å².